The van der Waals surface area contributed by atoms with Gasteiger partial charge in [-0.25, -0.2) is 4.98 Å². The van der Waals surface area contributed by atoms with Crippen molar-refractivity contribution in [3.05, 3.63) is 82.0 Å². The summed E-state index contributed by atoms with van der Waals surface area (Å²) >= 11 is 6.23. The van der Waals surface area contributed by atoms with Gasteiger partial charge in [-0.15, -0.1) is 0 Å². The maximum atomic E-state index is 6.23. The van der Waals surface area contributed by atoms with Gasteiger partial charge in [-0.2, -0.15) is 4.98 Å². The fraction of sp³-hybridized carbons (Fsp3) is 0.238. The van der Waals surface area contributed by atoms with Gasteiger partial charge in [-0.3, -0.25) is 0 Å². The van der Waals surface area contributed by atoms with Crippen molar-refractivity contribution in [2.75, 3.05) is 16.8 Å². The van der Waals surface area contributed by atoms with Gasteiger partial charge in [0.05, 0.1) is 0 Å². The molecule has 1 aromatic heterocycles. The van der Waals surface area contributed by atoms with Crippen molar-refractivity contribution in [1.82, 2.24) is 9.97 Å². The molecule has 0 spiro atoms. The van der Waals surface area contributed by atoms with E-state index in [1.54, 1.807) is 0 Å². The average molecular weight is 365 g/mol. The van der Waals surface area contributed by atoms with Crippen LogP contribution in [0.4, 0.5) is 11.8 Å². The third kappa shape index (κ3) is 3.65. The summed E-state index contributed by atoms with van der Waals surface area (Å²) in [6, 6.07) is 18.5. The van der Waals surface area contributed by atoms with E-state index in [4.69, 9.17) is 16.6 Å². The van der Waals surface area contributed by atoms with Crippen molar-refractivity contribution in [2.24, 2.45) is 0 Å². The zero-order valence-corrected chi connectivity index (χ0v) is 15.5. The quantitative estimate of drug-likeness (QED) is 0.733. The van der Waals surface area contributed by atoms with E-state index < -0.39 is 0 Å². The van der Waals surface area contributed by atoms with E-state index >= 15 is 0 Å². The van der Waals surface area contributed by atoms with Gasteiger partial charge in [0, 0.05) is 36.4 Å². The van der Waals surface area contributed by atoms with Crippen LogP contribution in [0.2, 0.25) is 5.02 Å². The Morgan fingerprint density at radius 2 is 1.81 bits per heavy atom. The lowest BCUT2D eigenvalue weighted by Gasteiger charge is -2.30. The van der Waals surface area contributed by atoms with E-state index in [1.165, 1.54) is 11.1 Å². The minimum absolute atomic E-state index is 0.603. The summed E-state index contributed by atoms with van der Waals surface area (Å²) in [7, 11) is 0. The molecule has 2 aromatic carbocycles. The molecule has 0 unspecified atom stereocenters. The van der Waals surface area contributed by atoms with Crippen LogP contribution < -0.4 is 10.2 Å². The van der Waals surface area contributed by atoms with Gasteiger partial charge in [-0.1, -0.05) is 54.1 Å². The number of halogens is 1. The second-order valence-electron chi connectivity index (χ2n) is 6.58. The van der Waals surface area contributed by atoms with E-state index in [9.17, 15) is 0 Å². The number of rotatable bonds is 4. The molecule has 0 saturated heterocycles. The van der Waals surface area contributed by atoms with Crippen LogP contribution in [0.3, 0.4) is 0 Å². The molecule has 1 aliphatic rings. The van der Waals surface area contributed by atoms with Gasteiger partial charge < -0.3 is 10.2 Å². The highest BCUT2D eigenvalue weighted by Crippen LogP contribution is 2.24. The number of nitrogens with one attached hydrogen (secondary N) is 1. The van der Waals surface area contributed by atoms with Gasteiger partial charge >= 0.3 is 0 Å². The molecule has 26 heavy (non-hydrogen) atoms. The number of aryl methyl sites for hydroxylation is 1. The average Bonchev–Trinajstić information content (AvgIpc) is 2.66. The predicted molar refractivity (Wildman–Crippen MR) is 107 cm³/mol. The van der Waals surface area contributed by atoms with Crippen molar-refractivity contribution in [3.8, 4) is 0 Å². The molecular weight excluding hydrogens is 344 g/mol. The van der Waals surface area contributed by atoms with Crippen LogP contribution in [0, 0.1) is 6.92 Å². The molecule has 4 rings (SSSR count). The van der Waals surface area contributed by atoms with Crippen LogP contribution in [0.1, 0.15) is 22.4 Å². The normalized spacial score (nSPS) is 13.4. The molecule has 1 aliphatic heterocycles. The lowest BCUT2D eigenvalue weighted by atomic mass is 10.00. The van der Waals surface area contributed by atoms with Crippen LogP contribution in [-0.2, 0) is 19.5 Å². The summed E-state index contributed by atoms with van der Waals surface area (Å²) in [5.74, 6) is 1.60. The standard InChI is InChI=1S/C21H21ClN4/c1-15-12-20(26-11-10-16-6-2-3-8-18(16)14-26)25-21(24-15)23-13-17-7-4-5-9-19(17)22/h2-9,12H,10-11,13-14H2,1H3,(H,23,24,25). The molecule has 5 heteroatoms. The molecular formula is C21H21ClN4. The number of fused-ring (bicyclic) bond motifs is 1. The Kier molecular flexibility index (Phi) is 4.76. The van der Waals surface area contributed by atoms with Crippen LogP contribution in [0.5, 0.6) is 0 Å². The minimum Gasteiger partial charge on any atom is -0.352 e. The molecule has 0 radical (unpaired) electrons. The second-order valence-corrected chi connectivity index (χ2v) is 6.98. The molecule has 0 aliphatic carbocycles. The molecule has 4 nitrogen and oxygen atoms in total. The zero-order chi connectivity index (χ0) is 17.9. The summed E-state index contributed by atoms with van der Waals surface area (Å²) in [5, 5.41) is 4.06. The van der Waals surface area contributed by atoms with Crippen LogP contribution in [0.25, 0.3) is 0 Å². The van der Waals surface area contributed by atoms with Gasteiger partial charge in [0.15, 0.2) is 0 Å². The first-order valence-electron chi connectivity index (χ1n) is 8.84. The summed E-state index contributed by atoms with van der Waals surface area (Å²) in [5.41, 5.74) is 4.80. The Balaban J connectivity index is 1.52. The van der Waals surface area contributed by atoms with Gasteiger partial charge in [-0.05, 0) is 36.1 Å². The Morgan fingerprint density at radius 3 is 2.65 bits per heavy atom. The fourth-order valence-corrected chi connectivity index (χ4v) is 3.50. The fourth-order valence-electron chi connectivity index (χ4n) is 3.30. The van der Waals surface area contributed by atoms with Crippen LogP contribution >= 0.6 is 11.6 Å². The van der Waals surface area contributed by atoms with Gasteiger partial charge in [0.2, 0.25) is 5.95 Å². The SMILES string of the molecule is Cc1cc(N2CCc3ccccc3C2)nc(NCc2ccccc2Cl)n1. The number of anilines is 2. The lowest BCUT2D eigenvalue weighted by Crippen LogP contribution is -2.31. The summed E-state index contributed by atoms with van der Waals surface area (Å²) < 4.78 is 0. The lowest BCUT2D eigenvalue weighted by molar-refractivity contribution is 0.718. The summed E-state index contributed by atoms with van der Waals surface area (Å²) in [6.07, 6.45) is 1.04. The Bertz CT molecular complexity index is 925. The van der Waals surface area contributed by atoms with Gasteiger partial charge in [0.25, 0.3) is 0 Å². The smallest absolute Gasteiger partial charge is 0.225 e. The minimum atomic E-state index is 0.603. The predicted octanol–water partition coefficient (Wildman–Crippen LogP) is 4.61. The van der Waals surface area contributed by atoms with E-state index in [1.807, 2.05) is 31.2 Å². The third-order valence-electron chi connectivity index (χ3n) is 4.69. The molecule has 0 bridgehead atoms. The summed E-state index contributed by atoms with van der Waals surface area (Å²) in [4.78, 5) is 11.6. The molecule has 132 valence electrons. The first-order valence-corrected chi connectivity index (χ1v) is 9.21. The van der Waals surface area contributed by atoms with E-state index in [0.29, 0.717) is 12.5 Å². The van der Waals surface area contributed by atoms with E-state index in [2.05, 4.69) is 45.5 Å². The monoisotopic (exact) mass is 364 g/mol. The number of benzene rings is 2. The molecule has 0 amide bonds. The summed E-state index contributed by atoms with van der Waals surface area (Å²) in [6.45, 7) is 4.46. The molecule has 1 N–H and O–H groups in total. The number of hydrogen-bond acceptors (Lipinski definition) is 4. The molecule has 0 atom stereocenters. The van der Waals surface area contributed by atoms with Crippen LogP contribution in [0.15, 0.2) is 54.6 Å². The van der Waals surface area contributed by atoms with E-state index in [-0.39, 0.29) is 0 Å². The van der Waals surface area contributed by atoms with Crippen LogP contribution in [-0.4, -0.2) is 16.5 Å². The number of aromatic nitrogens is 2. The number of hydrogen-bond donors (Lipinski definition) is 1. The van der Waals surface area contributed by atoms with Crippen molar-refractivity contribution in [1.29, 1.82) is 0 Å². The maximum absolute atomic E-state index is 6.23. The highest BCUT2D eigenvalue weighted by atomic mass is 35.5. The second kappa shape index (κ2) is 7.34. The Hall–Kier alpha value is -2.59. The largest absolute Gasteiger partial charge is 0.352 e. The third-order valence-corrected chi connectivity index (χ3v) is 5.06. The highest BCUT2D eigenvalue weighted by Gasteiger charge is 2.18. The van der Waals surface area contributed by atoms with Crippen molar-refractivity contribution in [3.63, 3.8) is 0 Å². The van der Waals surface area contributed by atoms with Crippen molar-refractivity contribution < 1.29 is 0 Å². The molecule has 0 saturated carbocycles. The Morgan fingerprint density at radius 1 is 1.04 bits per heavy atom. The van der Waals surface area contributed by atoms with Gasteiger partial charge in [0.1, 0.15) is 5.82 Å². The first-order chi connectivity index (χ1) is 12.7. The maximum Gasteiger partial charge on any atom is 0.225 e. The molecule has 0 fully saturated rings. The molecule has 2 heterocycles. The number of nitrogens with zero attached hydrogens (tertiary/aromatic N) is 3. The van der Waals surface area contributed by atoms with E-state index in [0.717, 1.165) is 41.6 Å². The highest BCUT2D eigenvalue weighted by molar-refractivity contribution is 6.31. The first kappa shape index (κ1) is 16.9. The topological polar surface area (TPSA) is 41.1 Å². The van der Waals surface area contributed by atoms with Crippen molar-refractivity contribution in [2.45, 2.75) is 26.4 Å². The zero-order valence-electron chi connectivity index (χ0n) is 14.7. The molecule has 3 aromatic rings. The van der Waals surface area contributed by atoms with Crippen molar-refractivity contribution >= 4 is 23.4 Å². The Labute approximate surface area is 158 Å².